The summed E-state index contributed by atoms with van der Waals surface area (Å²) in [6.07, 6.45) is 3.33. The van der Waals surface area contributed by atoms with Gasteiger partial charge in [-0.05, 0) is 36.6 Å². The molecule has 0 aliphatic rings. The van der Waals surface area contributed by atoms with Crippen molar-refractivity contribution < 1.29 is 9.59 Å². The van der Waals surface area contributed by atoms with Gasteiger partial charge in [0, 0.05) is 24.4 Å². The van der Waals surface area contributed by atoms with Crippen LogP contribution in [-0.2, 0) is 21.5 Å². The van der Waals surface area contributed by atoms with Crippen molar-refractivity contribution in [2.75, 3.05) is 11.9 Å². The molecule has 3 aromatic rings. The van der Waals surface area contributed by atoms with Crippen molar-refractivity contribution in [3.63, 3.8) is 0 Å². The number of rotatable bonds is 10. The maximum atomic E-state index is 13.2. The number of hydrogen-bond donors (Lipinski definition) is 1. The van der Waals surface area contributed by atoms with E-state index in [-0.39, 0.29) is 23.8 Å². The zero-order valence-corrected chi connectivity index (χ0v) is 21.7. The Labute approximate surface area is 209 Å². The summed E-state index contributed by atoms with van der Waals surface area (Å²) < 4.78 is 1.77. The normalized spacial score (nSPS) is 11.3. The number of aryl methyl sites for hydroxylation is 1. The van der Waals surface area contributed by atoms with Crippen LogP contribution in [0.2, 0.25) is 0 Å². The lowest BCUT2D eigenvalue weighted by Gasteiger charge is -2.22. The van der Waals surface area contributed by atoms with E-state index in [1.54, 1.807) is 9.58 Å². The van der Waals surface area contributed by atoms with E-state index >= 15 is 0 Å². The van der Waals surface area contributed by atoms with Crippen LogP contribution < -0.4 is 5.32 Å². The highest BCUT2D eigenvalue weighted by Gasteiger charge is 2.23. The molecule has 0 spiro atoms. The van der Waals surface area contributed by atoms with Crippen LogP contribution >= 0.6 is 0 Å². The van der Waals surface area contributed by atoms with Crippen molar-refractivity contribution in [2.45, 2.75) is 72.3 Å². The molecule has 0 fully saturated rings. The van der Waals surface area contributed by atoms with E-state index in [1.807, 2.05) is 67.6 Å². The van der Waals surface area contributed by atoms with Crippen LogP contribution in [0.3, 0.4) is 0 Å². The first kappa shape index (κ1) is 26.2. The predicted molar refractivity (Wildman–Crippen MR) is 142 cm³/mol. The Morgan fingerprint density at radius 1 is 1.00 bits per heavy atom. The van der Waals surface area contributed by atoms with E-state index in [0.717, 1.165) is 41.8 Å². The quantitative estimate of drug-likeness (QED) is 0.365. The van der Waals surface area contributed by atoms with Gasteiger partial charge in [-0.25, -0.2) is 4.68 Å². The molecule has 0 aliphatic carbocycles. The molecule has 0 radical (unpaired) electrons. The minimum atomic E-state index is -0.237. The summed E-state index contributed by atoms with van der Waals surface area (Å²) in [5.41, 5.74) is 3.70. The van der Waals surface area contributed by atoms with Crippen molar-refractivity contribution in [3.05, 3.63) is 77.5 Å². The summed E-state index contributed by atoms with van der Waals surface area (Å²) in [4.78, 5) is 27.9. The zero-order valence-electron chi connectivity index (χ0n) is 21.7. The summed E-state index contributed by atoms with van der Waals surface area (Å²) in [6, 6.07) is 19.7. The number of benzene rings is 2. The maximum absolute atomic E-state index is 13.2. The van der Waals surface area contributed by atoms with Gasteiger partial charge in [0.2, 0.25) is 11.8 Å². The van der Waals surface area contributed by atoms with Crippen LogP contribution in [-0.4, -0.2) is 33.0 Å². The van der Waals surface area contributed by atoms with Crippen LogP contribution in [0.1, 0.15) is 70.2 Å². The molecule has 6 heteroatoms. The van der Waals surface area contributed by atoms with E-state index in [2.05, 4.69) is 33.0 Å². The third-order valence-electron chi connectivity index (χ3n) is 5.89. The number of aromatic nitrogens is 2. The molecule has 3 rings (SSSR count). The van der Waals surface area contributed by atoms with Gasteiger partial charge in [-0.3, -0.25) is 9.59 Å². The second-order valence-corrected chi connectivity index (χ2v) is 10.2. The Kier molecular flexibility index (Phi) is 8.85. The topological polar surface area (TPSA) is 67.2 Å². The van der Waals surface area contributed by atoms with Crippen molar-refractivity contribution in [2.24, 2.45) is 0 Å². The fraction of sp³-hybridized carbons (Fsp3) is 0.414. The van der Waals surface area contributed by atoms with Crippen LogP contribution in [0.5, 0.6) is 0 Å². The smallest absolute Gasteiger partial charge is 0.245 e. The molecular formula is C29H38N4O2. The first-order chi connectivity index (χ1) is 16.7. The third-order valence-corrected chi connectivity index (χ3v) is 5.89. The van der Waals surface area contributed by atoms with Crippen LogP contribution in [0, 0.1) is 6.92 Å². The van der Waals surface area contributed by atoms with Crippen LogP contribution in [0.15, 0.2) is 60.7 Å². The summed E-state index contributed by atoms with van der Waals surface area (Å²) in [6.45, 7) is 10.8. The SMILES string of the molecule is CCCCCC(=O)N(CC(=O)Nc1cc(C(C)(C)C)nn1-c1cccc(C)c1)Cc1ccccc1. The van der Waals surface area contributed by atoms with Crippen molar-refractivity contribution >= 4 is 17.6 Å². The summed E-state index contributed by atoms with van der Waals surface area (Å²) >= 11 is 0. The van der Waals surface area contributed by atoms with Crippen molar-refractivity contribution in [1.29, 1.82) is 0 Å². The maximum Gasteiger partial charge on any atom is 0.245 e. The Morgan fingerprint density at radius 2 is 1.74 bits per heavy atom. The van der Waals surface area contributed by atoms with E-state index in [1.165, 1.54) is 0 Å². The fourth-order valence-corrected chi connectivity index (χ4v) is 3.87. The minimum absolute atomic E-state index is 0.0000236. The monoisotopic (exact) mass is 474 g/mol. The van der Waals surface area contributed by atoms with E-state index in [4.69, 9.17) is 5.10 Å². The third kappa shape index (κ3) is 7.54. The number of unbranched alkanes of at least 4 members (excludes halogenated alkanes) is 2. The van der Waals surface area contributed by atoms with Crippen LogP contribution in [0.4, 0.5) is 5.82 Å². The van der Waals surface area contributed by atoms with Gasteiger partial charge in [-0.1, -0.05) is 83.0 Å². The number of anilines is 1. The van der Waals surface area contributed by atoms with Gasteiger partial charge in [0.1, 0.15) is 12.4 Å². The number of hydrogen-bond acceptors (Lipinski definition) is 3. The molecule has 0 aliphatic heterocycles. The molecule has 0 bridgehead atoms. The minimum Gasteiger partial charge on any atom is -0.329 e. The molecule has 1 N–H and O–H groups in total. The lowest BCUT2D eigenvalue weighted by Crippen LogP contribution is -2.37. The fourth-order valence-electron chi connectivity index (χ4n) is 3.87. The number of carbonyl (C=O) groups excluding carboxylic acids is 2. The van der Waals surface area contributed by atoms with Gasteiger partial charge >= 0.3 is 0 Å². The molecule has 1 heterocycles. The number of nitrogens with zero attached hydrogens (tertiary/aromatic N) is 3. The number of nitrogens with one attached hydrogen (secondary N) is 1. The van der Waals surface area contributed by atoms with Crippen molar-refractivity contribution in [1.82, 2.24) is 14.7 Å². The summed E-state index contributed by atoms with van der Waals surface area (Å²) in [5.74, 6) is 0.364. The molecular weight excluding hydrogens is 436 g/mol. The second-order valence-electron chi connectivity index (χ2n) is 10.2. The molecule has 0 saturated heterocycles. The average Bonchev–Trinajstić information content (AvgIpc) is 3.23. The van der Waals surface area contributed by atoms with Gasteiger partial charge in [0.05, 0.1) is 11.4 Å². The largest absolute Gasteiger partial charge is 0.329 e. The molecule has 6 nitrogen and oxygen atoms in total. The Balaban J connectivity index is 1.83. The lowest BCUT2D eigenvalue weighted by molar-refractivity contribution is -0.135. The number of carbonyl (C=O) groups is 2. The van der Waals surface area contributed by atoms with E-state index < -0.39 is 0 Å². The Morgan fingerprint density at radius 3 is 2.40 bits per heavy atom. The van der Waals surface area contributed by atoms with Crippen LogP contribution in [0.25, 0.3) is 5.69 Å². The molecule has 1 aromatic heterocycles. The van der Waals surface area contributed by atoms with Gasteiger partial charge in [-0.2, -0.15) is 5.10 Å². The molecule has 0 atom stereocenters. The summed E-state index contributed by atoms with van der Waals surface area (Å²) in [5, 5.41) is 7.83. The van der Waals surface area contributed by atoms with E-state index in [9.17, 15) is 9.59 Å². The van der Waals surface area contributed by atoms with Gasteiger partial charge in [-0.15, -0.1) is 0 Å². The first-order valence-corrected chi connectivity index (χ1v) is 12.5. The highest BCUT2D eigenvalue weighted by atomic mass is 16.2. The Bertz CT molecular complexity index is 1130. The standard InChI is InChI=1S/C29H38N4O2/c1-6-7-9-17-28(35)32(20-23-14-10-8-11-15-23)21-27(34)30-26-19-25(29(3,4)5)31-33(26)24-16-12-13-22(2)18-24/h8,10-16,18-19H,6-7,9,17,20-21H2,1-5H3,(H,30,34). The number of amides is 2. The molecule has 0 unspecified atom stereocenters. The molecule has 35 heavy (non-hydrogen) atoms. The first-order valence-electron chi connectivity index (χ1n) is 12.5. The predicted octanol–water partition coefficient (Wildman–Crippen LogP) is 6.03. The average molecular weight is 475 g/mol. The van der Waals surface area contributed by atoms with Gasteiger partial charge < -0.3 is 10.2 Å². The highest BCUT2D eigenvalue weighted by molar-refractivity contribution is 5.94. The van der Waals surface area contributed by atoms with E-state index in [0.29, 0.717) is 18.8 Å². The van der Waals surface area contributed by atoms with Gasteiger partial charge in [0.25, 0.3) is 0 Å². The van der Waals surface area contributed by atoms with Crippen molar-refractivity contribution in [3.8, 4) is 5.69 Å². The lowest BCUT2D eigenvalue weighted by atomic mass is 9.92. The second kappa shape index (κ2) is 11.8. The molecule has 186 valence electrons. The Hall–Kier alpha value is -3.41. The molecule has 0 saturated carbocycles. The molecule has 2 amide bonds. The molecule has 2 aromatic carbocycles. The summed E-state index contributed by atoms with van der Waals surface area (Å²) in [7, 11) is 0. The van der Waals surface area contributed by atoms with Gasteiger partial charge in [0.15, 0.2) is 0 Å². The highest BCUT2D eigenvalue weighted by Crippen LogP contribution is 2.26. The zero-order chi connectivity index (χ0) is 25.4.